The minimum Gasteiger partial charge on any atom is -0.399 e. The van der Waals surface area contributed by atoms with Gasteiger partial charge in [0.05, 0.1) is 5.69 Å². The van der Waals surface area contributed by atoms with Crippen molar-refractivity contribution < 1.29 is 4.79 Å². The first-order valence-electron chi connectivity index (χ1n) is 5.44. The fourth-order valence-corrected chi connectivity index (χ4v) is 2.19. The van der Waals surface area contributed by atoms with Crippen LogP contribution in [0, 0.1) is 11.8 Å². The first-order chi connectivity index (χ1) is 7.58. The maximum Gasteiger partial charge on any atom is 0.227 e. The minimum atomic E-state index is 0.0907. The number of carbonyl (C=O) groups is 1. The number of anilines is 2. The van der Waals surface area contributed by atoms with Crippen LogP contribution in [0.25, 0.3) is 0 Å². The van der Waals surface area contributed by atoms with Gasteiger partial charge in [0.1, 0.15) is 0 Å². The molecule has 16 heavy (non-hydrogen) atoms. The van der Waals surface area contributed by atoms with Crippen molar-refractivity contribution in [3.8, 4) is 0 Å². The van der Waals surface area contributed by atoms with Crippen LogP contribution in [0.15, 0.2) is 22.7 Å². The molecule has 0 radical (unpaired) electrons. The lowest BCUT2D eigenvalue weighted by Crippen LogP contribution is -2.22. The van der Waals surface area contributed by atoms with E-state index >= 15 is 0 Å². The Kier molecular flexibility index (Phi) is 3.19. The fraction of sp³-hybridized carbons (Fsp3) is 0.417. The largest absolute Gasteiger partial charge is 0.399 e. The fourth-order valence-electron chi connectivity index (χ4n) is 1.69. The predicted octanol–water partition coefficient (Wildman–Crippen LogP) is 3.02. The van der Waals surface area contributed by atoms with Gasteiger partial charge in [0.2, 0.25) is 5.91 Å². The lowest BCUT2D eigenvalue weighted by molar-refractivity contribution is -0.119. The summed E-state index contributed by atoms with van der Waals surface area (Å²) in [7, 11) is 0. The lowest BCUT2D eigenvalue weighted by atomic mass is 10.1. The third-order valence-electron chi connectivity index (χ3n) is 2.99. The van der Waals surface area contributed by atoms with E-state index in [-0.39, 0.29) is 11.8 Å². The van der Waals surface area contributed by atoms with E-state index in [2.05, 4.69) is 21.2 Å². The van der Waals surface area contributed by atoms with Gasteiger partial charge in [-0.05, 0) is 52.9 Å². The smallest absolute Gasteiger partial charge is 0.227 e. The summed E-state index contributed by atoms with van der Waals surface area (Å²) in [4.78, 5) is 11.9. The SMILES string of the molecule is CC(C(=O)Nc1ccc(N)cc1Br)C1CC1. The summed E-state index contributed by atoms with van der Waals surface area (Å²) in [6.07, 6.45) is 2.36. The second kappa shape index (κ2) is 4.45. The molecule has 1 saturated carbocycles. The van der Waals surface area contributed by atoms with Crippen molar-refractivity contribution in [3.05, 3.63) is 22.7 Å². The second-order valence-electron chi connectivity index (χ2n) is 4.35. The maximum absolute atomic E-state index is 11.9. The molecule has 0 aliphatic heterocycles. The van der Waals surface area contributed by atoms with E-state index in [1.807, 2.05) is 13.0 Å². The molecule has 0 heterocycles. The number of amides is 1. The molecule has 3 nitrogen and oxygen atoms in total. The standard InChI is InChI=1S/C12H15BrN2O/c1-7(8-2-3-8)12(16)15-11-5-4-9(14)6-10(11)13/h4-8H,2-3,14H2,1H3,(H,15,16). The summed E-state index contributed by atoms with van der Waals surface area (Å²) in [6, 6.07) is 5.39. The molecule has 1 aromatic rings. The number of nitrogen functional groups attached to an aromatic ring is 1. The molecule has 1 aliphatic carbocycles. The molecule has 0 aromatic heterocycles. The molecular formula is C12H15BrN2O. The molecule has 2 rings (SSSR count). The maximum atomic E-state index is 11.9. The van der Waals surface area contributed by atoms with E-state index in [0.29, 0.717) is 11.6 Å². The molecule has 4 heteroatoms. The molecule has 86 valence electrons. The summed E-state index contributed by atoms with van der Waals surface area (Å²) >= 11 is 3.38. The van der Waals surface area contributed by atoms with Crippen LogP contribution in [0.1, 0.15) is 19.8 Å². The predicted molar refractivity (Wildman–Crippen MR) is 69.1 cm³/mol. The highest BCUT2D eigenvalue weighted by Crippen LogP contribution is 2.37. The van der Waals surface area contributed by atoms with Crippen molar-refractivity contribution in [3.63, 3.8) is 0 Å². The highest BCUT2D eigenvalue weighted by Gasteiger charge is 2.32. The van der Waals surface area contributed by atoms with Crippen LogP contribution in [0.3, 0.4) is 0 Å². The van der Waals surface area contributed by atoms with E-state index in [1.54, 1.807) is 12.1 Å². The van der Waals surface area contributed by atoms with Gasteiger partial charge in [-0.15, -0.1) is 0 Å². The van der Waals surface area contributed by atoms with Gasteiger partial charge in [0.15, 0.2) is 0 Å². The van der Waals surface area contributed by atoms with Gasteiger partial charge in [0, 0.05) is 16.1 Å². The lowest BCUT2D eigenvalue weighted by Gasteiger charge is -2.12. The topological polar surface area (TPSA) is 55.1 Å². The van der Waals surface area contributed by atoms with Crippen LogP contribution in [0.5, 0.6) is 0 Å². The van der Waals surface area contributed by atoms with Gasteiger partial charge < -0.3 is 11.1 Å². The first kappa shape index (κ1) is 11.5. The average molecular weight is 283 g/mol. The minimum absolute atomic E-state index is 0.0907. The van der Waals surface area contributed by atoms with Crippen LogP contribution >= 0.6 is 15.9 Å². The van der Waals surface area contributed by atoms with Crippen molar-refractivity contribution in [2.24, 2.45) is 11.8 Å². The zero-order valence-corrected chi connectivity index (χ0v) is 10.8. The van der Waals surface area contributed by atoms with E-state index in [1.165, 1.54) is 12.8 Å². The van der Waals surface area contributed by atoms with Gasteiger partial charge in [-0.25, -0.2) is 0 Å². The summed E-state index contributed by atoms with van der Waals surface area (Å²) in [5.74, 6) is 0.769. The third kappa shape index (κ3) is 2.55. The van der Waals surface area contributed by atoms with E-state index in [9.17, 15) is 4.79 Å². The van der Waals surface area contributed by atoms with E-state index < -0.39 is 0 Å². The zero-order valence-electron chi connectivity index (χ0n) is 9.16. The number of hydrogen-bond donors (Lipinski definition) is 2. The molecule has 1 fully saturated rings. The number of halogens is 1. The van der Waals surface area contributed by atoms with Crippen LogP contribution in [-0.4, -0.2) is 5.91 Å². The van der Waals surface area contributed by atoms with Gasteiger partial charge in [-0.1, -0.05) is 6.92 Å². The summed E-state index contributed by atoms with van der Waals surface area (Å²) in [5, 5.41) is 2.92. The van der Waals surface area contributed by atoms with Crippen LogP contribution in [0.4, 0.5) is 11.4 Å². The Morgan fingerprint density at radius 1 is 1.56 bits per heavy atom. The first-order valence-corrected chi connectivity index (χ1v) is 6.23. The van der Waals surface area contributed by atoms with Gasteiger partial charge in [-0.3, -0.25) is 4.79 Å². The summed E-state index contributed by atoms with van der Waals surface area (Å²) < 4.78 is 0.823. The average Bonchev–Trinajstić information content (AvgIpc) is 3.04. The molecular weight excluding hydrogens is 268 g/mol. The quantitative estimate of drug-likeness (QED) is 0.838. The molecule has 1 atom stereocenters. The highest BCUT2D eigenvalue weighted by atomic mass is 79.9. The zero-order chi connectivity index (χ0) is 11.7. The van der Waals surface area contributed by atoms with Crippen molar-refractivity contribution in [2.45, 2.75) is 19.8 Å². The molecule has 1 unspecified atom stereocenters. The molecule has 1 amide bonds. The Balaban J connectivity index is 2.05. The van der Waals surface area contributed by atoms with Gasteiger partial charge >= 0.3 is 0 Å². The van der Waals surface area contributed by atoms with E-state index in [0.717, 1.165) is 10.2 Å². The van der Waals surface area contributed by atoms with Crippen molar-refractivity contribution in [2.75, 3.05) is 11.1 Å². The number of rotatable bonds is 3. The Bertz CT molecular complexity index is 415. The molecule has 3 N–H and O–H groups in total. The molecule has 0 bridgehead atoms. The molecule has 0 spiro atoms. The van der Waals surface area contributed by atoms with Gasteiger partial charge in [0.25, 0.3) is 0 Å². The van der Waals surface area contributed by atoms with Crippen LogP contribution in [0.2, 0.25) is 0 Å². The molecule has 1 aliphatic rings. The van der Waals surface area contributed by atoms with Crippen molar-refractivity contribution >= 4 is 33.2 Å². The van der Waals surface area contributed by atoms with Gasteiger partial charge in [-0.2, -0.15) is 0 Å². The summed E-state index contributed by atoms with van der Waals surface area (Å²) in [5.41, 5.74) is 7.10. The number of nitrogens with two attached hydrogens (primary N) is 1. The Morgan fingerprint density at radius 3 is 2.81 bits per heavy atom. The van der Waals surface area contributed by atoms with Crippen molar-refractivity contribution in [1.29, 1.82) is 0 Å². The second-order valence-corrected chi connectivity index (χ2v) is 5.21. The normalized spacial score (nSPS) is 16.9. The molecule has 1 aromatic carbocycles. The Hall–Kier alpha value is -1.03. The number of carbonyl (C=O) groups excluding carboxylic acids is 1. The van der Waals surface area contributed by atoms with Crippen LogP contribution in [-0.2, 0) is 4.79 Å². The van der Waals surface area contributed by atoms with Crippen LogP contribution < -0.4 is 11.1 Å². The van der Waals surface area contributed by atoms with Crippen molar-refractivity contribution in [1.82, 2.24) is 0 Å². The summed E-state index contributed by atoms with van der Waals surface area (Å²) in [6.45, 7) is 1.98. The number of hydrogen-bond acceptors (Lipinski definition) is 2. The molecule has 0 saturated heterocycles. The number of nitrogens with one attached hydrogen (secondary N) is 1. The van der Waals surface area contributed by atoms with E-state index in [4.69, 9.17) is 5.73 Å². The number of benzene rings is 1. The monoisotopic (exact) mass is 282 g/mol. The Labute approximate surface area is 104 Å². The third-order valence-corrected chi connectivity index (χ3v) is 3.65. The Morgan fingerprint density at radius 2 is 2.25 bits per heavy atom. The highest BCUT2D eigenvalue weighted by molar-refractivity contribution is 9.10.